The molecule has 1 aliphatic carbocycles. The summed E-state index contributed by atoms with van der Waals surface area (Å²) in [7, 11) is 0. The van der Waals surface area contributed by atoms with E-state index in [9.17, 15) is 19.8 Å². The van der Waals surface area contributed by atoms with Crippen LogP contribution in [0.5, 0.6) is 0 Å². The van der Waals surface area contributed by atoms with Gasteiger partial charge in [-0.05, 0) is 38.0 Å². The van der Waals surface area contributed by atoms with Gasteiger partial charge in [-0.25, -0.2) is 0 Å². The van der Waals surface area contributed by atoms with Gasteiger partial charge in [0.2, 0.25) is 0 Å². The highest BCUT2D eigenvalue weighted by molar-refractivity contribution is 5.84. The summed E-state index contributed by atoms with van der Waals surface area (Å²) in [4.78, 5) is 22.6. The van der Waals surface area contributed by atoms with E-state index >= 15 is 0 Å². The molecule has 0 heterocycles. The molecule has 0 saturated heterocycles. The van der Waals surface area contributed by atoms with Crippen molar-refractivity contribution in [3.05, 3.63) is 0 Å². The quantitative estimate of drug-likeness (QED) is 0.413. The van der Waals surface area contributed by atoms with Gasteiger partial charge in [0.1, 0.15) is 5.78 Å². The topological polar surface area (TPSA) is 94.8 Å². The van der Waals surface area contributed by atoms with Crippen LogP contribution in [0.15, 0.2) is 0 Å². The Hall–Kier alpha value is -0.940. The van der Waals surface area contributed by atoms with Crippen molar-refractivity contribution < 1.29 is 24.9 Å². The Morgan fingerprint density at radius 3 is 2.48 bits per heavy atom. The van der Waals surface area contributed by atoms with Gasteiger partial charge in [-0.3, -0.25) is 9.59 Å². The summed E-state index contributed by atoms with van der Waals surface area (Å²) < 4.78 is 0. The Balaban J connectivity index is 2.30. The minimum atomic E-state index is -0.758. The first-order chi connectivity index (χ1) is 12.0. The molecule has 0 aromatic carbocycles. The summed E-state index contributed by atoms with van der Waals surface area (Å²) in [6.45, 7) is 2.14. The highest BCUT2D eigenvalue weighted by Gasteiger charge is 2.40. The zero-order chi connectivity index (χ0) is 18.7. The smallest absolute Gasteiger partial charge is 0.303 e. The third-order valence-electron chi connectivity index (χ3n) is 5.46. The zero-order valence-corrected chi connectivity index (χ0v) is 15.7. The van der Waals surface area contributed by atoms with Crippen LogP contribution in [0.3, 0.4) is 0 Å². The van der Waals surface area contributed by atoms with Crippen LogP contribution in [0.1, 0.15) is 90.4 Å². The lowest BCUT2D eigenvalue weighted by Gasteiger charge is -2.22. The van der Waals surface area contributed by atoms with Gasteiger partial charge in [0.05, 0.1) is 12.2 Å². The second-order valence-corrected chi connectivity index (χ2v) is 7.58. The van der Waals surface area contributed by atoms with Gasteiger partial charge in [0.15, 0.2) is 0 Å². The van der Waals surface area contributed by atoms with E-state index in [1.54, 1.807) is 0 Å². The maximum atomic E-state index is 12.2. The summed E-state index contributed by atoms with van der Waals surface area (Å²) >= 11 is 0. The van der Waals surface area contributed by atoms with E-state index in [4.69, 9.17) is 5.11 Å². The monoisotopic (exact) mass is 356 g/mol. The van der Waals surface area contributed by atoms with E-state index in [2.05, 4.69) is 6.92 Å². The maximum Gasteiger partial charge on any atom is 0.303 e. The van der Waals surface area contributed by atoms with E-state index < -0.39 is 12.1 Å². The minimum absolute atomic E-state index is 0.0210. The van der Waals surface area contributed by atoms with Crippen molar-refractivity contribution in [2.24, 2.45) is 11.8 Å². The number of aliphatic carboxylic acids is 1. The molecule has 0 amide bonds. The van der Waals surface area contributed by atoms with Crippen molar-refractivity contribution in [2.75, 3.05) is 0 Å². The molecule has 1 saturated carbocycles. The minimum Gasteiger partial charge on any atom is -0.481 e. The number of carbonyl (C=O) groups is 2. The molecule has 0 aliphatic heterocycles. The fourth-order valence-electron chi connectivity index (χ4n) is 3.94. The summed E-state index contributed by atoms with van der Waals surface area (Å²) in [5.74, 6) is -0.708. The van der Waals surface area contributed by atoms with Crippen molar-refractivity contribution in [3.63, 3.8) is 0 Å². The molecular formula is C20H36O5. The number of carbonyl (C=O) groups excluding carboxylic acids is 1. The lowest BCUT2D eigenvalue weighted by atomic mass is 9.85. The Morgan fingerprint density at radius 2 is 1.80 bits per heavy atom. The van der Waals surface area contributed by atoms with Gasteiger partial charge >= 0.3 is 5.97 Å². The molecule has 146 valence electrons. The van der Waals surface area contributed by atoms with E-state index in [0.717, 1.165) is 51.4 Å². The van der Waals surface area contributed by atoms with Crippen molar-refractivity contribution in [1.82, 2.24) is 0 Å². The predicted octanol–water partition coefficient (Wildman–Crippen LogP) is 3.70. The van der Waals surface area contributed by atoms with Gasteiger partial charge in [0, 0.05) is 18.8 Å². The second kappa shape index (κ2) is 12.4. The number of rotatable bonds is 14. The number of Topliss-reactive ketones (excluding diaryl/α,β-unsaturated/α-hetero) is 1. The number of carboxylic acids is 1. The second-order valence-electron chi connectivity index (χ2n) is 7.58. The van der Waals surface area contributed by atoms with Gasteiger partial charge in [-0.15, -0.1) is 0 Å². The van der Waals surface area contributed by atoms with E-state index in [-0.39, 0.29) is 36.6 Å². The molecule has 0 aromatic rings. The Kier molecular flexibility index (Phi) is 11.0. The Bertz CT molecular complexity index is 396. The summed E-state index contributed by atoms with van der Waals surface area (Å²) in [5, 5.41) is 28.9. The lowest BCUT2D eigenvalue weighted by molar-refractivity contribution is -0.137. The van der Waals surface area contributed by atoms with Crippen molar-refractivity contribution in [1.29, 1.82) is 0 Å². The van der Waals surface area contributed by atoms with E-state index in [1.807, 2.05) is 0 Å². The van der Waals surface area contributed by atoms with E-state index in [1.165, 1.54) is 0 Å². The highest BCUT2D eigenvalue weighted by Crippen LogP contribution is 2.36. The highest BCUT2D eigenvalue weighted by atomic mass is 16.4. The lowest BCUT2D eigenvalue weighted by Crippen LogP contribution is -2.22. The van der Waals surface area contributed by atoms with Crippen LogP contribution in [-0.2, 0) is 9.59 Å². The summed E-state index contributed by atoms with van der Waals surface area (Å²) in [6, 6.07) is 0. The van der Waals surface area contributed by atoms with Crippen LogP contribution in [0.25, 0.3) is 0 Å². The normalized spacial score (nSPS) is 24.6. The standard InChI is InChI=1S/C20H36O5/c1-2-3-6-9-15(21)12-13-17-16(18(22)14-19(17)23)10-7-4-5-8-11-20(24)25/h15-17,19,21,23H,2-14H2,1H3,(H,24,25)/t15?,16-,17+,19+/m0/s1. The predicted molar refractivity (Wildman–Crippen MR) is 97.3 cm³/mol. The molecule has 0 bridgehead atoms. The molecule has 1 rings (SSSR count). The SMILES string of the molecule is CCCCCC(O)CC[C@H]1[C@H](O)CC(=O)[C@H]1CCCCCCC(=O)O. The fourth-order valence-corrected chi connectivity index (χ4v) is 3.94. The summed E-state index contributed by atoms with van der Waals surface area (Å²) in [5.41, 5.74) is 0. The molecular weight excluding hydrogens is 320 g/mol. The number of ketones is 1. The van der Waals surface area contributed by atoms with Crippen molar-refractivity contribution in [2.45, 2.75) is 103 Å². The molecule has 5 nitrogen and oxygen atoms in total. The number of carboxylic acid groups (broad SMARTS) is 1. The molecule has 1 unspecified atom stereocenters. The molecule has 3 N–H and O–H groups in total. The average Bonchev–Trinajstić information content (AvgIpc) is 2.82. The molecule has 25 heavy (non-hydrogen) atoms. The average molecular weight is 357 g/mol. The van der Waals surface area contributed by atoms with Crippen LogP contribution in [-0.4, -0.2) is 39.3 Å². The number of aliphatic hydroxyl groups excluding tert-OH is 2. The first-order valence-corrected chi connectivity index (χ1v) is 10.1. The van der Waals surface area contributed by atoms with Gasteiger partial charge in [-0.2, -0.15) is 0 Å². The van der Waals surface area contributed by atoms with Crippen LogP contribution in [0.4, 0.5) is 0 Å². The van der Waals surface area contributed by atoms with Crippen LogP contribution < -0.4 is 0 Å². The van der Waals surface area contributed by atoms with Crippen LogP contribution in [0.2, 0.25) is 0 Å². The van der Waals surface area contributed by atoms with Gasteiger partial charge < -0.3 is 15.3 Å². The molecule has 0 radical (unpaired) electrons. The number of hydrogen-bond acceptors (Lipinski definition) is 4. The third kappa shape index (κ3) is 8.82. The number of aliphatic hydroxyl groups is 2. The molecule has 0 aromatic heterocycles. The van der Waals surface area contributed by atoms with Crippen LogP contribution >= 0.6 is 0 Å². The van der Waals surface area contributed by atoms with E-state index in [0.29, 0.717) is 19.3 Å². The molecule has 1 fully saturated rings. The molecule has 0 spiro atoms. The Labute approximate surface area is 151 Å². The first kappa shape index (κ1) is 22.1. The Morgan fingerprint density at radius 1 is 1.08 bits per heavy atom. The molecule has 4 atom stereocenters. The first-order valence-electron chi connectivity index (χ1n) is 10.1. The molecule has 1 aliphatic rings. The maximum absolute atomic E-state index is 12.2. The van der Waals surface area contributed by atoms with Crippen molar-refractivity contribution >= 4 is 11.8 Å². The van der Waals surface area contributed by atoms with Gasteiger partial charge in [-0.1, -0.05) is 45.4 Å². The number of unbranched alkanes of at least 4 members (excludes halogenated alkanes) is 5. The van der Waals surface area contributed by atoms with Crippen molar-refractivity contribution in [3.8, 4) is 0 Å². The number of hydrogen-bond donors (Lipinski definition) is 3. The largest absolute Gasteiger partial charge is 0.481 e. The molecule has 5 heteroatoms. The summed E-state index contributed by atoms with van der Waals surface area (Å²) in [6.07, 6.45) is 9.21. The van der Waals surface area contributed by atoms with Gasteiger partial charge in [0.25, 0.3) is 0 Å². The fraction of sp³-hybridized carbons (Fsp3) is 0.900. The van der Waals surface area contributed by atoms with Crippen LogP contribution in [0, 0.1) is 11.8 Å². The third-order valence-corrected chi connectivity index (χ3v) is 5.46. The zero-order valence-electron chi connectivity index (χ0n) is 15.7.